The van der Waals surface area contributed by atoms with Crippen molar-refractivity contribution in [2.24, 2.45) is 11.8 Å². The Balaban J connectivity index is 1.30. The van der Waals surface area contributed by atoms with E-state index < -0.39 is 0 Å². The van der Waals surface area contributed by atoms with Crippen LogP contribution in [0.4, 0.5) is 5.69 Å². The van der Waals surface area contributed by atoms with Crippen LogP contribution in [0.1, 0.15) is 25.7 Å². The average molecular weight is 350 g/mol. The van der Waals surface area contributed by atoms with Crippen molar-refractivity contribution in [2.45, 2.75) is 31.7 Å². The minimum absolute atomic E-state index is 0.632. The van der Waals surface area contributed by atoms with Gasteiger partial charge in [0.1, 0.15) is 0 Å². The largest absolute Gasteiger partial charge is 0.368 e. The van der Waals surface area contributed by atoms with Crippen LogP contribution in [0.3, 0.4) is 0 Å². The van der Waals surface area contributed by atoms with E-state index in [0.29, 0.717) is 6.04 Å². The number of nitrogens with one attached hydrogen (secondary N) is 1. The first kappa shape index (κ1) is 15.5. The highest BCUT2D eigenvalue weighted by molar-refractivity contribution is 7.80. The summed E-state index contributed by atoms with van der Waals surface area (Å²) in [4.78, 5) is 4.73. The second kappa shape index (κ2) is 6.48. The van der Waals surface area contributed by atoms with Crippen LogP contribution in [0, 0.1) is 11.8 Å². The smallest absolute Gasteiger partial charge is 0.169 e. The van der Waals surface area contributed by atoms with Crippen LogP contribution in [0.25, 0.3) is 0 Å². The van der Waals surface area contributed by atoms with Crippen LogP contribution in [-0.2, 0) is 0 Å². The molecule has 0 radical (unpaired) electrons. The van der Waals surface area contributed by atoms with Crippen molar-refractivity contribution in [3.8, 4) is 0 Å². The van der Waals surface area contributed by atoms with Crippen molar-refractivity contribution in [3.63, 3.8) is 0 Å². The van der Waals surface area contributed by atoms with E-state index in [4.69, 9.17) is 23.8 Å². The minimum Gasteiger partial charge on any atom is -0.368 e. The quantitative estimate of drug-likeness (QED) is 0.823. The minimum atomic E-state index is 0.632. The SMILES string of the molecule is S=C(N[C@H]1C[C@H]2CC[C@H]1C2)N1CCN(c2cccc(Cl)c2)CC1. The van der Waals surface area contributed by atoms with E-state index in [1.807, 2.05) is 18.2 Å². The van der Waals surface area contributed by atoms with Gasteiger partial charge in [-0.2, -0.15) is 0 Å². The average Bonchev–Trinajstić information content (AvgIpc) is 3.18. The standard InChI is InChI=1S/C18H24ClN3S/c19-15-2-1-3-16(12-15)21-6-8-22(9-7-21)18(23)20-17-11-13-4-5-14(17)10-13/h1-3,12-14,17H,4-11H2,(H,20,23)/t13-,14-,17-/m0/s1. The van der Waals surface area contributed by atoms with Crippen molar-refractivity contribution >= 4 is 34.6 Å². The highest BCUT2D eigenvalue weighted by Gasteiger charge is 2.40. The highest BCUT2D eigenvalue weighted by atomic mass is 35.5. The fraction of sp³-hybridized carbons (Fsp3) is 0.611. The molecule has 1 aromatic rings. The molecule has 0 amide bonds. The van der Waals surface area contributed by atoms with Gasteiger partial charge in [0.2, 0.25) is 0 Å². The van der Waals surface area contributed by atoms with Gasteiger partial charge in [0.25, 0.3) is 0 Å². The molecule has 23 heavy (non-hydrogen) atoms. The number of halogens is 1. The molecule has 0 aromatic heterocycles. The highest BCUT2D eigenvalue weighted by Crippen LogP contribution is 2.44. The molecule has 2 aliphatic carbocycles. The lowest BCUT2D eigenvalue weighted by molar-refractivity contribution is 0.345. The van der Waals surface area contributed by atoms with Gasteiger partial charge in [0, 0.05) is 42.9 Å². The summed E-state index contributed by atoms with van der Waals surface area (Å²) in [7, 11) is 0. The zero-order valence-corrected chi connectivity index (χ0v) is 15.0. The molecule has 3 nitrogen and oxygen atoms in total. The van der Waals surface area contributed by atoms with E-state index in [9.17, 15) is 0 Å². The van der Waals surface area contributed by atoms with Crippen molar-refractivity contribution < 1.29 is 0 Å². The van der Waals surface area contributed by atoms with E-state index in [0.717, 1.165) is 48.1 Å². The van der Waals surface area contributed by atoms with E-state index in [1.165, 1.54) is 31.4 Å². The Bertz CT molecular complexity index is 585. The molecule has 1 heterocycles. The number of hydrogen-bond donors (Lipinski definition) is 1. The molecule has 2 bridgehead atoms. The maximum absolute atomic E-state index is 6.10. The summed E-state index contributed by atoms with van der Waals surface area (Å²) in [5.41, 5.74) is 1.21. The molecule has 1 saturated heterocycles. The summed E-state index contributed by atoms with van der Waals surface area (Å²) < 4.78 is 0. The fourth-order valence-electron chi connectivity index (χ4n) is 4.51. The number of piperazine rings is 1. The van der Waals surface area contributed by atoms with Gasteiger partial charge in [-0.05, 0) is 61.5 Å². The number of rotatable bonds is 2. The Kier molecular flexibility index (Phi) is 4.37. The predicted molar refractivity (Wildman–Crippen MR) is 100 cm³/mol. The van der Waals surface area contributed by atoms with Crippen LogP contribution in [-0.4, -0.2) is 42.2 Å². The first-order chi connectivity index (χ1) is 11.2. The Morgan fingerprint density at radius 2 is 1.96 bits per heavy atom. The lowest BCUT2D eigenvalue weighted by Gasteiger charge is -2.38. The fourth-order valence-corrected chi connectivity index (χ4v) is 5.03. The Morgan fingerprint density at radius 3 is 2.61 bits per heavy atom. The molecule has 3 fully saturated rings. The Hall–Kier alpha value is -1.00. The summed E-state index contributed by atoms with van der Waals surface area (Å²) in [6.45, 7) is 3.97. The summed E-state index contributed by atoms with van der Waals surface area (Å²) in [5, 5.41) is 5.43. The third-order valence-corrected chi connectivity index (χ3v) is 6.40. The number of fused-ring (bicyclic) bond motifs is 2. The molecule has 0 unspecified atom stereocenters. The number of nitrogens with zero attached hydrogens (tertiary/aromatic N) is 2. The van der Waals surface area contributed by atoms with E-state index in [1.54, 1.807) is 0 Å². The van der Waals surface area contributed by atoms with Gasteiger partial charge in [-0.1, -0.05) is 24.1 Å². The van der Waals surface area contributed by atoms with Gasteiger partial charge < -0.3 is 15.1 Å². The molecule has 0 spiro atoms. The van der Waals surface area contributed by atoms with Crippen molar-refractivity contribution in [1.29, 1.82) is 0 Å². The Labute approximate surface area is 149 Å². The van der Waals surface area contributed by atoms with Crippen molar-refractivity contribution in [1.82, 2.24) is 10.2 Å². The maximum Gasteiger partial charge on any atom is 0.169 e. The summed E-state index contributed by atoms with van der Waals surface area (Å²) in [6, 6.07) is 8.75. The van der Waals surface area contributed by atoms with Crippen LogP contribution in [0.2, 0.25) is 5.02 Å². The maximum atomic E-state index is 6.10. The zero-order chi connectivity index (χ0) is 15.8. The zero-order valence-electron chi connectivity index (χ0n) is 13.4. The molecule has 2 saturated carbocycles. The number of anilines is 1. The van der Waals surface area contributed by atoms with Gasteiger partial charge in [0.05, 0.1) is 0 Å². The molecule has 1 aliphatic heterocycles. The first-order valence-corrected chi connectivity index (χ1v) is 9.53. The van der Waals surface area contributed by atoms with Crippen LogP contribution >= 0.6 is 23.8 Å². The first-order valence-electron chi connectivity index (χ1n) is 8.75. The molecule has 1 N–H and O–H groups in total. The normalized spacial score (nSPS) is 29.9. The summed E-state index contributed by atoms with van der Waals surface area (Å²) in [6.07, 6.45) is 5.58. The Morgan fingerprint density at radius 1 is 1.13 bits per heavy atom. The monoisotopic (exact) mass is 349 g/mol. The van der Waals surface area contributed by atoms with Crippen LogP contribution < -0.4 is 10.2 Å². The third-order valence-electron chi connectivity index (χ3n) is 5.79. The molecule has 4 rings (SSSR count). The van der Waals surface area contributed by atoms with Crippen molar-refractivity contribution in [2.75, 3.05) is 31.1 Å². The van der Waals surface area contributed by atoms with Crippen molar-refractivity contribution in [3.05, 3.63) is 29.3 Å². The van der Waals surface area contributed by atoms with E-state index >= 15 is 0 Å². The molecule has 1 aromatic carbocycles. The lowest BCUT2D eigenvalue weighted by Crippen LogP contribution is -2.54. The van der Waals surface area contributed by atoms with Crippen LogP contribution in [0.5, 0.6) is 0 Å². The summed E-state index contributed by atoms with van der Waals surface area (Å²) in [5.74, 6) is 1.82. The van der Waals surface area contributed by atoms with E-state index in [-0.39, 0.29) is 0 Å². The van der Waals surface area contributed by atoms with Gasteiger partial charge in [-0.15, -0.1) is 0 Å². The topological polar surface area (TPSA) is 18.5 Å². The van der Waals surface area contributed by atoms with Gasteiger partial charge in [-0.25, -0.2) is 0 Å². The van der Waals surface area contributed by atoms with Gasteiger partial charge >= 0.3 is 0 Å². The predicted octanol–water partition coefficient (Wildman–Crippen LogP) is 3.53. The molecule has 124 valence electrons. The number of benzene rings is 1. The molecule has 5 heteroatoms. The molecular formula is C18H24ClN3S. The lowest BCUT2D eigenvalue weighted by atomic mass is 9.95. The summed E-state index contributed by atoms with van der Waals surface area (Å²) >= 11 is 11.8. The van der Waals surface area contributed by atoms with Crippen LogP contribution in [0.15, 0.2) is 24.3 Å². The molecule has 3 atom stereocenters. The van der Waals surface area contributed by atoms with E-state index in [2.05, 4.69) is 21.2 Å². The molecular weight excluding hydrogens is 326 g/mol. The second-order valence-electron chi connectivity index (χ2n) is 7.18. The second-order valence-corrected chi connectivity index (χ2v) is 8.01. The van der Waals surface area contributed by atoms with Gasteiger partial charge in [0.15, 0.2) is 5.11 Å². The number of hydrogen-bond acceptors (Lipinski definition) is 2. The third kappa shape index (κ3) is 3.29. The number of thiocarbonyl (C=S) groups is 1. The molecule has 3 aliphatic rings. The van der Waals surface area contributed by atoms with Gasteiger partial charge in [-0.3, -0.25) is 0 Å².